The van der Waals surface area contributed by atoms with Crippen molar-refractivity contribution >= 4 is 46.4 Å². The summed E-state index contributed by atoms with van der Waals surface area (Å²) >= 11 is 0. The third-order valence-electron chi connectivity index (χ3n) is 3.67. The first-order valence-corrected chi connectivity index (χ1v) is 8.83. The van der Waals surface area contributed by atoms with Crippen molar-refractivity contribution in [2.45, 2.75) is 17.9 Å². The molecule has 0 aliphatic heterocycles. The summed E-state index contributed by atoms with van der Waals surface area (Å²) in [4.78, 5) is 17.7. The Morgan fingerprint density at radius 3 is 2.19 bits per heavy atom. The van der Waals surface area contributed by atoms with E-state index in [0.717, 1.165) is 0 Å². The molecule has 1 amide bonds. The van der Waals surface area contributed by atoms with Gasteiger partial charge in [-0.2, -0.15) is 0 Å². The number of amides is 1. The van der Waals surface area contributed by atoms with E-state index in [-0.39, 0.29) is 41.7 Å². The smallest absolute Gasteiger partial charge is 0.261 e. The highest BCUT2D eigenvalue weighted by molar-refractivity contribution is 7.92. The lowest BCUT2D eigenvalue weighted by atomic mass is 10.2. The summed E-state index contributed by atoms with van der Waals surface area (Å²) in [7, 11) is -2.06. The molecule has 2 rings (SSSR count). The first-order valence-electron chi connectivity index (χ1n) is 7.35. The van der Waals surface area contributed by atoms with Crippen molar-refractivity contribution in [1.82, 2.24) is 9.88 Å². The van der Waals surface area contributed by atoms with Gasteiger partial charge in [0.2, 0.25) is 0 Å². The fraction of sp³-hybridized carbons (Fsp3) is 0.250. The van der Waals surface area contributed by atoms with E-state index in [1.54, 1.807) is 19.2 Å². The third-order valence-corrected chi connectivity index (χ3v) is 5.06. The zero-order valence-corrected chi connectivity index (χ0v) is 16.8. The van der Waals surface area contributed by atoms with Crippen molar-refractivity contribution in [3.05, 3.63) is 54.4 Å². The molecule has 0 aliphatic carbocycles. The summed E-state index contributed by atoms with van der Waals surface area (Å²) in [6, 6.07) is 8.79. The van der Waals surface area contributed by atoms with E-state index in [9.17, 15) is 13.2 Å². The van der Waals surface area contributed by atoms with E-state index in [1.165, 1.54) is 41.6 Å². The molecule has 0 spiro atoms. The minimum absolute atomic E-state index is 0. The Hall–Kier alpha value is -1.87. The van der Waals surface area contributed by atoms with Gasteiger partial charge in [0.05, 0.1) is 10.6 Å². The Labute approximate surface area is 165 Å². The fourth-order valence-corrected chi connectivity index (χ4v) is 3.03. The van der Waals surface area contributed by atoms with E-state index in [0.29, 0.717) is 17.8 Å². The van der Waals surface area contributed by atoms with Crippen LogP contribution in [0.25, 0.3) is 0 Å². The van der Waals surface area contributed by atoms with Crippen LogP contribution in [0.1, 0.15) is 17.3 Å². The third kappa shape index (κ3) is 5.84. The monoisotopic (exact) mass is 420 g/mol. The second-order valence-corrected chi connectivity index (χ2v) is 7.05. The van der Waals surface area contributed by atoms with Gasteiger partial charge in [0, 0.05) is 37.6 Å². The maximum atomic E-state index is 12.3. The van der Waals surface area contributed by atoms with Gasteiger partial charge in [-0.3, -0.25) is 14.5 Å². The molecule has 10 heteroatoms. The molecule has 0 bridgehead atoms. The number of carbonyl (C=O) groups is 1. The number of aromatic nitrogens is 1. The Bertz CT molecular complexity index is 802. The highest BCUT2D eigenvalue weighted by atomic mass is 35.5. The lowest BCUT2D eigenvalue weighted by Crippen LogP contribution is -2.39. The number of rotatable bonds is 6. The molecule has 1 unspecified atom stereocenters. The maximum absolute atomic E-state index is 12.3. The van der Waals surface area contributed by atoms with E-state index in [1.807, 2.05) is 6.92 Å². The van der Waals surface area contributed by atoms with Gasteiger partial charge in [-0.05, 0) is 43.3 Å². The van der Waals surface area contributed by atoms with Gasteiger partial charge >= 0.3 is 0 Å². The number of hydrogen-bond acceptors (Lipinski definition) is 5. The van der Waals surface area contributed by atoms with Crippen molar-refractivity contribution in [1.29, 1.82) is 0 Å². The maximum Gasteiger partial charge on any atom is 0.261 e. The second-order valence-electron chi connectivity index (χ2n) is 5.37. The zero-order chi connectivity index (χ0) is 17.7. The minimum atomic E-state index is -3.72. The number of nitrogens with zero attached hydrogens (tertiary/aromatic N) is 2. The second kappa shape index (κ2) is 10.3. The van der Waals surface area contributed by atoms with Crippen LogP contribution in [0.2, 0.25) is 0 Å². The Morgan fingerprint density at radius 1 is 1.15 bits per heavy atom. The molecule has 7 nitrogen and oxygen atoms in total. The largest absolute Gasteiger partial charge is 0.338 e. The summed E-state index contributed by atoms with van der Waals surface area (Å²) in [6.07, 6.45) is 2.99. The molecule has 0 saturated heterocycles. The standard InChI is InChI=1S/C16H20N4O3S.2ClH/c1-12(11-17)20(2)16(21)13-3-5-15(6-4-13)24(22,23)19-14-7-9-18-10-8-14;;/h3-10,12H,11,17H2,1-2H3,(H,18,19);2*1H. The normalized spacial score (nSPS) is 11.5. The molecule has 1 heterocycles. The van der Waals surface area contributed by atoms with Crippen LogP contribution in [0.5, 0.6) is 0 Å². The van der Waals surface area contributed by atoms with Crippen molar-refractivity contribution in [3.63, 3.8) is 0 Å². The van der Waals surface area contributed by atoms with Crippen LogP contribution < -0.4 is 10.5 Å². The number of sulfonamides is 1. The quantitative estimate of drug-likeness (QED) is 0.744. The predicted octanol–water partition coefficient (Wildman–Crippen LogP) is 2.15. The number of anilines is 1. The average molecular weight is 421 g/mol. The molecule has 0 radical (unpaired) electrons. The lowest BCUT2D eigenvalue weighted by molar-refractivity contribution is 0.0748. The Morgan fingerprint density at radius 2 is 1.69 bits per heavy atom. The zero-order valence-electron chi connectivity index (χ0n) is 14.3. The van der Waals surface area contributed by atoms with Crippen LogP contribution in [0.4, 0.5) is 5.69 Å². The summed E-state index contributed by atoms with van der Waals surface area (Å²) in [5.74, 6) is -0.209. The van der Waals surface area contributed by atoms with Gasteiger partial charge < -0.3 is 10.6 Å². The van der Waals surface area contributed by atoms with Gasteiger partial charge in [0.25, 0.3) is 15.9 Å². The topological polar surface area (TPSA) is 105 Å². The van der Waals surface area contributed by atoms with Crippen molar-refractivity contribution in [2.24, 2.45) is 5.73 Å². The molecule has 0 aliphatic rings. The van der Waals surface area contributed by atoms with E-state index in [2.05, 4.69) is 9.71 Å². The molecule has 0 fully saturated rings. The van der Waals surface area contributed by atoms with Gasteiger partial charge in [0.1, 0.15) is 0 Å². The SMILES string of the molecule is CC(CN)N(C)C(=O)c1ccc(S(=O)(=O)Nc2ccncc2)cc1.Cl.Cl. The van der Waals surface area contributed by atoms with Gasteiger partial charge in [-0.15, -0.1) is 24.8 Å². The average Bonchev–Trinajstić information content (AvgIpc) is 2.60. The summed E-state index contributed by atoms with van der Waals surface area (Å²) in [5.41, 5.74) is 6.38. The van der Waals surface area contributed by atoms with Crippen LogP contribution in [-0.2, 0) is 10.0 Å². The van der Waals surface area contributed by atoms with Gasteiger partial charge in [-0.1, -0.05) is 0 Å². The highest BCUT2D eigenvalue weighted by Gasteiger charge is 2.18. The molecule has 0 saturated carbocycles. The number of halogens is 2. The van der Waals surface area contributed by atoms with Crippen LogP contribution in [0.3, 0.4) is 0 Å². The number of pyridine rings is 1. The molecule has 144 valence electrons. The molecule has 1 atom stereocenters. The molecule has 2 aromatic rings. The Balaban J connectivity index is 0.00000312. The number of nitrogens with two attached hydrogens (primary N) is 1. The number of likely N-dealkylation sites (N-methyl/N-ethyl adjacent to an activating group) is 1. The highest BCUT2D eigenvalue weighted by Crippen LogP contribution is 2.16. The van der Waals surface area contributed by atoms with E-state index in [4.69, 9.17) is 5.73 Å². The van der Waals surface area contributed by atoms with E-state index >= 15 is 0 Å². The lowest BCUT2D eigenvalue weighted by Gasteiger charge is -2.23. The molecule has 1 aromatic heterocycles. The van der Waals surface area contributed by atoms with Crippen molar-refractivity contribution in [3.8, 4) is 0 Å². The number of carbonyl (C=O) groups excluding carboxylic acids is 1. The first kappa shape index (κ1) is 24.1. The summed E-state index contributed by atoms with van der Waals surface area (Å²) in [6.45, 7) is 2.19. The summed E-state index contributed by atoms with van der Waals surface area (Å²) < 4.78 is 27.1. The molecule has 1 aromatic carbocycles. The molecule has 26 heavy (non-hydrogen) atoms. The van der Waals surface area contributed by atoms with Crippen LogP contribution in [-0.4, -0.2) is 43.8 Å². The van der Waals surface area contributed by atoms with Gasteiger partial charge in [0.15, 0.2) is 0 Å². The van der Waals surface area contributed by atoms with E-state index < -0.39 is 10.0 Å². The van der Waals surface area contributed by atoms with Crippen LogP contribution in [0.15, 0.2) is 53.7 Å². The molecular weight excluding hydrogens is 399 g/mol. The van der Waals surface area contributed by atoms with Crippen molar-refractivity contribution in [2.75, 3.05) is 18.3 Å². The fourth-order valence-electron chi connectivity index (χ4n) is 1.97. The first-order chi connectivity index (χ1) is 11.3. The number of benzene rings is 1. The summed E-state index contributed by atoms with van der Waals surface area (Å²) in [5, 5.41) is 0. The molecular formula is C16H22Cl2N4O3S. The predicted molar refractivity (Wildman–Crippen MR) is 107 cm³/mol. The minimum Gasteiger partial charge on any atom is -0.338 e. The Kier molecular flexibility index (Phi) is 9.58. The number of nitrogens with one attached hydrogen (secondary N) is 1. The number of hydrogen-bond donors (Lipinski definition) is 2. The van der Waals surface area contributed by atoms with Crippen LogP contribution >= 0.6 is 24.8 Å². The van der Waals surface area contributed by atoms with Gasteiger partial charge in [-0.25, -0.2) is 8.42 Å². The van der Waals surface area contributed by atoms with Crippen LogP contribution in [0, 0.1) is 0 Å². The molecule has 3 N–H and O–H groups in total. The van der Waals surface area contributed by atoms with Crippen molar-refractivity contribution < 1.29 is 13.2 Å².